The molecular formula is C20H16N2O6. The molecule has 2 heterocycles. The summed E-state index contributed by atoms with van der Waals surface area (Å²) < 4.78 is 17.2. The first kappa shape index (κ1) is 17.6. The second-order valence-electron chi connectivity index (χ2n) is 6.20. The van der Waals surface area contributed by atoms with Crippen molar-refractivity contribution in [3.63, 3.8) is 0 Å². The number of fused-ring (bicyclic) bond motifs is 2. The highest BCUT2D eigenvalue weighted by molar-refractivity contribution is 6.09. The number of hydrogen-bond acceptors (Lipinski definition) is 6. The van der Waals surface area contributed by atoms with Crippen LogP contribution in [0.1, 0.15) is 17.3 Å². The number of carbonyl (C=O) groups excluding carboxylic acids is 2. The van der Waals surface area contributed by atoms with Crippen LogP contribution >= 0.6 is 0 Å². The number of anilines is 1. The number of aromatic nitrogens is 1. The lowest BCUT2D eigenvalue weighted by Gasteiger charge is -2.15. The molecule has 1 amide bonds. The molecule has 8 nitrogen and oxygen atoms in total. The van der Waals surface area contributed by atoms with E-state index >= 15 is 0 Å². The number of esters is 1. The van der Waals surface area contributed by atoms with Crippen molar-refractivity contribution < 1.29 is 23.8 Å². The maximum atomic E-state index is 12.9. The van der Waals surface area contributed by atoms with Gasteiger partial charge < -0.3 is 24.1 Å². The Labute approximate surface area is 159 Å². The van der Waals surface area contributed by atoms with E-state index in [2.05, 4.69) is 5.32 Å². The fraction of sp³-hybridized carbons (Fsp3) is 0.150. The molecule has 0 aliphatic carbocycles. The Bertz CT molecular complexity index is 1180. The molecule has 0 atom stereocenters. The molecule has 2 aromatic carbocycles. The van der Waals surface area contributed by atoms with Gasteiger partial charge in [0.15, 0.2) is 17.2 Å². The van der Waals surface area contributed by atoms with Gasteiger partial charge in [-0.25, -0.2) is 0 Å². The third kappa shape index (κ3) is 2.94. The minimum atomic E-state index is -0.693. The van der Waals surface area contributed by atoms with E-state index in [-0.39, 0.29) is 18.1 Å². The second kappa shape index (κ2) is 6.73. The van der Waals surface area contributed by atoms with Crippen molar-refractivity contribution in [2.45, 2.75) is 6.92 Å². The van der Waals surface area contributed by atoms with Crippen LogP contribution in [0.25, 0.3) is 10.9 Å². The van der Waals surface area contributed by atoms with Crippen molar-refractivity contribution in [3.05, 3.63) is 58.4 Å². The molecule has 3 aromatic rings. The van der Waals surface area contributed by atoms with E-state index in [4.69, 9.17) is 14.2 Å². The molecule has 0 unspecified atom stereocenters. The number of para-hydroxylation sites is 1. The van der Waals surface area contributed by atoms with Crippen LogP contribution in [0.15, 0.2) is 47.3 Å². The van der Waals surface area contributed by atoms with Gasteiger partial charge in [-0.05, 0) is 24.3 Å². The van der Waals surface area contributed by atoms with Crippen LogP contribution in [0, 0.1) is 0 Å². The van der Waals surface area contributed by atoms with Crippen LogP contribution in [-0.4, -0.2) is 23.2 Å². The molecule has 0 fully saturated rings. The number of pyridine rings is 1. The van der Waals surface area contributed by atoms with Gasteiger partial charge in [-0.1, -0.05) is 12.1 Å². The smallest absolute Gasteiger partial charge is 0.308 e. The molecule has 0 saturated carbocycles. The third-order valence-corrected chi connectivity index (χ3v) is 4.36. The summed E-state index contributed by atoms with van der Waals surface area (Å²) in [5.41, 5.74) is 0.129. The largest absolute Gasteiger partial charge is 0.454 e. The van der Waals surface area contributed by atoms with Crippen molar-refractivity contribution >= 4 is 28.5 Å². The number of nitrogens with zero attached hydrogens (tertiary/aromatic N) is 1. The van der Waals surface area contributed by atoms with Crippen molar-refractivity contribution in [1.82, 2.24) is 4.57 Å². The minimum absolute atomic E-state index is 0.0653. The van der Waals surface area contributed by atoms with Gasteiger partial charge in [0.1, 0.15) is 5.56 Å². The number of benzene rings is 2. The molecule has 0 saturated heterocycles. The Morgan fingerprint density at radius 3 is 2.64 bits per heavy atom. The van der Waals surface area contributed by atoms with E-state index in [1.165, 1.54) is 11.5 Å². The monoisotopic (exact) mass is 380 g/mol. The molecule has 1 aromatic heterocycles. The summed E-state index contributed by atoms with van der Waals surface area (Å²) in [7, 11) is 1.56. The minimum Gasteiger partial charge on any atom is -0.454 e. The Balaban J connectivity index is 1.82. The molecule has 1 aliphatic heterocycles. The number of ether oxygens (including phenoxy) is 3. The Morgan fingerprint density at radius 1 is 1.11 bits per heavy atom. The lowest BCUT2D eigenvalue weighted by atomic mass is 10.1. The van der Waals surface area contributed by atoms with Crippen molar-refractivity contribution in [2.24, 2.45) is 7.05 Å². The van der Waals surface area contributed by atoms with Crippen molar-refractivity contribution in [3.8, 4) is 17.2 Å². The summed E-state index contributed by atoms with van der Waals surface area (Å²) >= 11 is 0. The summed E-state index contributed by atoms with van der Waals surface area (Å²) in [6, 6.07) is 11.8. The average Bonchev–Trinajstić information content (AvgIpc) is 3.13. The van der Waals surface area contributed by atoms with E-state index < -0.39 is 17.4 Å². The molecule has 0 radical (unpaired) electrons. The molecule has 1 N–H and O–H groups in total. The topological polar surface area (TPSA) is 95.9 Å². The Hall–Kier alpha value is -3.81. The van der Waals surface area contributed by atoms with Gasteiger partial charge in [-0.2, -0.15) is 0 Å². The summed E-state index contributed by atoms with van der Waals surface area (Å²) in [5.74, 6) is -0.328. The summed E-state index contributed by atoms with van der Waals surface area (Å²) in [6.07, 6.45) is 0. The first-order chi connectivity index (χ1) is 13.5. The van der Waals surface area contributed by atoms with Gasteiger partial charge in [-0.3, -0.25) is 14.4 Å². The second-order valence-corrected chi connectivity index (χ2v) is 6.20. The molecule has 28 heavy (non-hydrogen) atoms. The summed E-state index contributed by atoms with van der Waals surface area (Å²) in [5, 5.41) is 3.14. The molecule has 0 bridgehead atoms. The molecular weight excluding hydrogens is 364 g/mol. The lowest BCUT2D eigenvalue weighted by Crippen LogP contribution is -2.29. The van der Waals surface area contributed by atoms with Gasteiger partial charge in [0.2, 0.25) is 6.79 Å². The Morgan fingerprint density at radius 2 is 1.86 bits per heavy atom. The number of hydrogen-bond donors (Lipinski definition) is 1. The lowest BCUT2D eigenvalue weighted by molar-refractivity contribution is -0.131. The standard InChI is InChI=1S/C20H16N2O6/c1-11(23)28-18-13-5-3-4-6-14(13)22(2)20(25)17(18)19(24)21-12-7-8-15-16(9-12)27-10-26-15/h3-9H,10H2,1-2H3,(H,21,24). The van der Waals surface area contributed by atoms with Crippen molar-refractivity contribution in [1.29, 1.82) is 0 Å². The van der Waals surface area contributed by atoms with Crippen LogP contribution < -0.4 is 25.1 Å². The predicted octanol–water partition coefficient (Wildman–Crippen LogP) is 2.44. The normalized spacial score (nSPS) is 12.1. The maximum absolute atomic E-state index is 12.9. The zero-order valence-electron chi connectivity index (χ0n) is 15.1. The van der Waals surface area contributed by atoms with Crippen LogP contribution in [0.4, 0.5) is 5.69 Å². The maximum Gasteiger partial charge on any atom is 0.308 e. The SMILES string of the molecule is CC(=O)Oc1c(C(=O)Nc2ccc3c(c2)OCO3)c(=O)n(C)c2ccccc12. The highest BCUT2D eigenvalue weighted by Crippen LogP contribution is 2.35. The van der Waals surface area contributed by atoms with Gasteiger partial charge in [0.25, 0.3) is 11.5 Å². The van der Waals surface area contributed by atoms with Crippen LogP contribution in [0.2, 0.25) is 0 Å². The van der Waals surface area contributed by atoms with E-state index in [1.54, 1.807) is 49.5 Å². The van der Waals surface area contributed by atoms with Gasteiger partial charge >= 0.3 is 5.97 Å². The highest BCUT2D eigenvalue weighted by Gasteiger charge is 2.24. The zero-order chi connectivity index (χ0) is 19.8. The average molecular weight is 380 g/mol. The first-order valence-corrected chi connectivity index (χ1v) is 8.47. The number of carbonyl (C=O) groups is 2. The third-order valence-electron chi connectivity index (χ3n) is 4.36. The number of amides is 1. The van der Waals surface area contributed by atoms with Gasteiger partial charge in [0, 0.05) is 31.1 Å². The fourth-order valence-corrected chi connectivity index (χ4v) is 3.08. The predicted molar refractivity (Wildman–Crippen MR) is 101 cm³/mol. The van der Waals surface area contributed by atoms with E-state index in [1.807, 2.05) is 0 Å². The fourth-order valence-electron chi connectivity index (χ4n) is 3.08. The molecule has 8 heteroatoms. The number of aryl methyl sites for hydroxylation is 1. The van der Waals surface area contributed by atoms with Crippen LogP contribution in [-0.2, 0) is 11.8 Å². The van der Waals surface area contributed by atoms with Crippen molar-refractivity contribution in [2.75, 3.05) is 12.1 Å². The van der Waals surface area contributed by atoms with E-state index in [0.29, 0.717) is 28.1 Å². The van der Waals surface area contributed by atoms with E-state index in [9.17, 15) is 14.4 Å². The molecule has 142 valence electrons. The quantitative estimate of drug-likeness (QED) is 0.701. The molecule has 4 rings (SSSR count). The number of nitrogens with one attached hydrogen (secondary N) is 1. The van der Waals surface area contributed by atoms with Gasteiger partial charge in [0.05, 0.1) is 5.52 Å². The molecule has 0 spiro atoms. The molecule has 1 aliphatic rings. The summed E-state index contributed by atoms with van der Waals surface area (Å²) in [6.45, 7) is 1.32. The zero-order valence-corrected chi connectivity index (χ0v) is 15.1. The van der Waals surface area contributed by atoms with E-state index in [0.717, 1.165) is 0 Å². The van der Waals surface area contributed by atoms with Crippen LogP contribution in [0.3, 0.4) is 0 Å². The number of rotatable bonds is 3. The summed E-state index contributed by atoms with van der Waals surface area (Å²) in [4.78, 5) is 37.4. The van der Waals surface area contributed by atoms with Gasteiger partial charge in [-0.15, -0.1) is 0 Å². The Kier molecular flexibility index (Phi) is 4.23. The first-order valence-electron chi connectivity index (χ1n) is 8.47. The van der Waals surface area contributed by atoms with Crippen LogP contribution in [0.5, 0.6) is 17.2 Å². The highest BCUT2D eigenvalue weighted by atomic mass is 16.7.